The van der Waals surface area contributed by atoms with E-state index < -0.39 is 5.91 Å². The van der Waals surface area contributed by atoms with Gasteiger partial charge in [-0.1, -0.05) is 61.8 Å². The molecule has 0 fully saturated rings. The first-order valence-corrected chi connectivity index (χ1v) is 10.5. The summed E-state index contributed by atoms with van der Waals surface area (Å²) < 4.78 is 10.4. The average Bonchev–Trinajstić information content (AvgIpc) is 3.26. The second kappa shape index (κ2) is 10.3. The number of amides is 2. The van der Waals surface area contributed by atoms with Crippen molar-refractivity contribution in [3.8, 4) is 17.1 Å². The van der Waals surface area contributed by atoms with Gasteiger partial charge in [0.15, 0.2) is 6.61 Å². The molecule has 0 saturated heterocycles. The molecular formula is C23H25ClN4O4. The molecule has 0 radical (unpaired) electrons. The highest BCUT2D eigenvalue weighted by atomic mass is 35.5. The average molecular weight is 457 g/mol. The maximum Gasteiger partial charge on any atom is 0.316 e. The summed E-state index contributed by atoms with van der Waals surface area (Å²) in [7, 11) is 0. The number of carbonyl (C=O) groups excluding carboxylic acids is 2. The van der Waals surface area contributed by atoms with Gasteiger partial charge in [-0.2, -0.15) is 4.98 Å². The molecular weight excluding hydrogens is 432 g/mol. The molecule has 0 atom stereocenters. The number of nitrogens with zero attached hydrogens (tertiary/aromatic N) is 2. The molecule has 0 spiro atoms. The molecule has 1 heterocycles. The summed E-state index contributed by atoms with van der Waals surface area (Å²) in [5.74, 6) is -0.0895. The second-order valence-electron chi connectivity index (χ2n) is 8.10. The monoisotopic (exact) mass is 456 g/mol. The van der Waals surface area contributed by atoms with Crippen molar-refractivity contribution in [2.45, 2.75) is 26.2 Å². The lowest BCUT2D eigenvalue weighted by Crippen LogP contribution is -2.36. The maximum absolute atomic E-state index is 12.2. The molecule has 0 saturated carbocycles. The number of nitrogens with one attached hydrogen (secondary N) is 2. The van der Waals surface area contributed by atoms with E-state index in [2.05, 4.69) is 41.5 Å². The van der Waals surface area contributed by atoms with Crippen molar-refractivity contribution < 1.29 is 18.8 Å². The summed E-state index contributed by atoms with van der Waals surface area (Å²) in [5.41, 5.74) is 1.98. The molecule has 3 aromatic rings. The fourth-order valence-electron chi connectivity index (χ4n) is 2.74. The molecule has 0 bridgehead atoms. The molecule has 2 amide bonds. The number of aromatic nitrogens is 2. The highest BCUT2D eigenvalue weighted by Crippen LogP contribution is 2.25. The molecule has 0 aliphatic carbocycles. The van der Waals surface area contributed by atoms with Crippen LogP contribution in [0.1, 0.15) is 37.0 Å². The topological polar surface area (TPSA) is 106 Å². The van der Waals surface area contributed by atoms with Gasteiger partial charge in [-0.25, -0.2) is 0 Å². The highest BCUT2D eigenvalue weighted by molar-refractivity contribution is 6.30. The van der Waals surface area contributed by atoms with E-state index in [1.54, 1.807) is 24.3 Å². The van der Waals surface area contributed by atoms with Crippen LogP contribution >= 0.6 is 11.6 Å². The molecule has 32 heavy (non-hydrogen) atoms. The van der Waals surface area contributed by atoms with Gasteiger partial charge >= 0.3 is 11.8 Å². The first kappa shape index (κ1) is 23.3. The highest BCUT2D eigenvalue weighted by Gasteiger charge is 2.17. The largest absolute Gasteiger partial charge is 0.484 e. The van der Waals surface area contributed by atoms with Gasteiger partial charge in [0.2, 0.25) is 5.82 Å². The summed E-state index contributed by atoms with van der Waals surface area (Å²) in [6.45, 7) is 6.68. The number of benzene rings is 2. The lowest BCUT2D eigenvalue weighted by Gasteiger charge is -2.18. The van der Waals surface area contributed by atoms with Crippen molar-refractivity contribution in [2.75, 3.05) is 19.7 Å². The molecule has 168 valence electrons. The van der Waals surface area contributed by atoms with E-state index in [4.69, 9.17) is 20.9 Å². The number of rotatable bonds is 8. The standard InChI is InChI=1S/C23H25ClN4O4/c1-23(2,3)16-6-4-15(5-7-16)20-27-22(32-28-20)21(30)26-13-12-25-19(29)14-31-18-10-8-17(24)9-11-18/h4-11H,12-14H2,1-3H3,(H,25,29)(H,26,30). The van der Waals surface area contributed by atoms with E-state index in [0.29, 0.717) is 16.6 Å². The van der Waals surface area contributed by atoms with Gasteiger partial charge in [-0.05, 0) is 35.2 Å². The quantitative estimate of drug-likeness (QED) is 0.501. The Hall–Kier alpha value is -3.39. The van der Waals surface area contributed by atoms with Crippen LogP contribution in [0.4, 0.5) is 0 Å². The first-order valence-electron chi connectivity index (χ1n) is 10.1. The van der Waals surface area contributed by atoms with Gasteiger partial charge in [0.05, 0.1) is 0 Å². The van der Waals surface area contributed by atoms with Crippen molar-refractivity contribution in [2.24, 2.45) is 0 Å². The van der Waals surface area contributed by atoms with Crippen LogP contribution in [0.5, 0.6) is 5.75 Å². The SMILES string of the molecule is CC(C)(C)c1ccc(-c2noc(C(=O)NCCNC(=O)COc3ccc(Cl)cc3)n2)cc1. The zero-order valence-electron chi connectivity index (χ0n) is 18.1. The van der Waals surface area contributed by atoms with Crippen LogP contribution in [0.25, 0.3) is 11.4 Å². The molecule has 0 aliphatic heterocycles. The first-order chi connectivity index (χ1) is 15.2. The molecule has 8 nitrogen and oxygen atoms in total. The normalized spacial score (nSPS) is 11.1. The zero-order chi connectivity index (χ0) is 23.1. The van der Waals surface area contributed by atoms with Gasteiger partial charge in [0.25, 0.3) is 5.91 Å². The lowest BCUT2D eigenvalue weighted by molar-refractivity contribution is -0.123. The smallest absolute Gasteiger partial charge is 0.316 e. The molecule has 2 aromatic carbocycles. The Morgan fingerprint density at radius 1 is 1.00 bits per heavy atom. The Balaban J connectivity index is 1.41. The van der Waals surface area contributed by atoms with Crippen molar-refractivity contribution in [3.63, 3.8) is 0 Å². The predicted molar refractivity (Wildman–Crippen MR) is 121 cm³/mol. The summed E-state index contributed by atoms with van der Waals surface area (Å²) in [6.07, 6.45) is 0. The van der Waals surface area contributed by atoms with Crippen molar-refractivity contribution >= 4 is 23.4 Å². The van der Waals surface area contributed by atoms with E-state index in [1.807, 2.05) is 24.3 Å². The Morgan fingerprint density at radius 3 is 2.31 bits per heavy atom. The Morgan fingerprint density at radius 2 is 1.66 bits per heavy atom. The van der Waals surface area contributed by atoms with Crippen LogP contribution in [-0.2, 0) is 10.2 Å². The number of hydrogen-bond acceptors (Lipinski definition) is 6. The number of carbonyl (C=O) groups is 2. The van der Waals surface area contributed by atoms with Gasteiger partial charge in [0.1, 0.15) is 5.75 Å². The van der Waals surface area contributed by atoms with Crippen LogP contribution in [0, 0.1) is 0 Å². The summed E-state index contributed by atoms with van der Waals surface area (Å²) in [6, 6.07) is 14.5. The third-order valence-corrected chi connectivity index (χ3v) is 4.80. The van der Waals surface area contributed by atoms with Crippen LogP contribution < -0.4 is 15.4 Å². The fraction of sp³-hybridized carbons (Fsp3) is 0.304. The van der Waals surface area contributed by atoms with Crippen LogP contribution in [0.15, 0.2) is 53.1 Å². The van der Waals surface area contributed by atoms with Gasteiger partial charge in [-0.3, -0.25) is 9.59 Å². The Labute approximate surface area is 191 Å². The summed E-state index contributed by atoms with van der Waals surface area (Å²) >= 11 is 5.80. The molecule has 0 aliphatic rings. The minimum Gasteiger partial charge on any atom is -0.484 e. The van der Waals surface area contributed by atoms with Crippen molar-refractivity contribution in [3.05, 3.63) is 65.0 Å². The van der Waals surface area contributed by atoms with E-state index in [9.17, 15) is 9.59 Å². The third-order valence-electron chi connectivity index (χ3n) is 4.55. The van der Waals surface area contributed by atoms with Crippen LogP contribution in [0.2, 0.25) is 5.02 Å². The summed E-state index contributed by atoms with van der Waals surface area (Å²) in [5, 5.41) is 9.73. The number of ether oxygens (including phenoxy) is 1. The van der Waals surface area contributed by atoms with Gasteiger partial charge < -0.3 is 19.9 Å². The predicted octanol–water partition coefficient (Wildman–Crippen LogP) is 3.61. The number of halogens is 1. The molecule has 9 heteroatoms. The van der Waals surface area contributed by atoms with Crippen LogP contribution in [0.3, 0.4) is 0 Å². The Kier molecular flexibility index (Phi) is 7.48. The van der Waals surface area contributed by atoms with E-state index >= 15 is 0 Å². The molecule has 0 unspecified atom stereocenters. The van der Waals surface area contributed by atoms with Crippen molar-refractivity contribution in [1.29, 1.82) is 0 Å². The number of hydrogen-bond donors (Lipinski definition) is 2. The fourth-order valence-corrected chi connectivity index (χ4v) is 2.86. The Bertz CT molecular complexity index is 1060. The lowest BCUT2D eigenvalue weighted by atomic mass is 9.87. The summed E-state index contributed by atoms with van der Waals surface area (Å²) in [4.78, 5) is 28.2. The molecule has 3 rings (SSSR count). The van der Waals surface area contributed by atoms with Crippen molar-refractivity contribution in [1.82, 2.24) is 20.8 Å². The maximum atomic E-state index is 12.2. The van der Waals surface area contributed by atoms with E-state index in [0.717, 1.165) is 5.56 Å². The second-order valence-corrected chi connectivity index (χ2v) is 8.54. The molecule has 1 aromatic heterocycles. The van der Waals surface area contributed by atoms with Gasteiger partial charge in [0, 0.05) is 23.7 Å². The minimum absolute atomic E-state index is 0.0399. The third kappa shape index (κ3) is 6.55. The van der Waals surface area contributed by atoms with Crippen LogP contribution in [-0.4, -0.2) is 41.7 Å². The van der Waals surface area contributed by atoms with E-state index in [-0.39, 0.29) is 36.9 Å². The van der Waals surface area contributed by atoms with E-state index in [1.165, 1.54) is 5.56 Å². The zero-order valence-corrected chi connectivity index (χ0v) is 18.9. The minimum atomic E-state index is -0.512. The van der Waals surface area contributed by atoms with Gasteiger partial charge in [-0.15, -0.1) is 0 Å². The molecule has 2 N–H and O–H groups in total.